The molecule has 3 rings (SSSR count). The molecule has 0 saturated carbocycles. The third-order valence-corrected chi connectivity index (χ3v) is 2.89. The van der Waals surface area contributed by atoms with E-state index < -0.39 is 0 Å². The summed E-state index contributed by atoms with van der Waals surface area (Å²) in [6, 6.07) is 6.26. The first-order chi connectivity index (χ1) is 7.83. The number of fused-ring (bicyclic) bond motifs is 1. The molecule has 0 saturated heterocycles. The molecule has 1 atom stereocenters. The third-order valence-electron chi connectivity index (χ3n) is 2.89. The number of H-pyrrole nitrogens is 1. The van der Waals surface area contributed by atoms with Crippen LogP contribution in [0.2, 0.25) is 0 Å². The van der Waals surface area contributed by atoms with Gasteiger partial charge in [-0.3, -0.25) is 10.1 Å². The molecule has 3 nitrogen and oxygen atoms in total. The van der Waals surface area contributed by atoms with Crippen LogP contribution >= 0.6 is 0 Å². The van der Waals surface area contributed by atoms with Gasteiger partial charge in [0.1, 0.15) is 0 Å². The molecule has 0 bridgehead atoms. The van der Waals surface area contributed by atoms with Crippen LogP contribution in [0.3, 0.4) is 0 Å². The summed E-state index contributed by atoms with van der Waals surface area (Å²) in [7, 11) is 0. The highest BCUT2D eigenvalue weighted by Crippen LogP contribution is 2.24. The highest BCUT2D eigenvalue weighted by molar-refractivity contribution is 5.85. The van der Waals surface area contributed by atoms with Gasteiger partial charge in [0.25, 0.3) is 0 Å². The van der Waals surface area contributed by atoms with Crippen molar-refractivity contribution < 1.29 is 0 Å². The van der Waals surface area contributed by atoms with Gasteiger partial charge in [-0.15, -0.1) is 0 Å². The molecule has 1 aromatic heterocycles. The minimum atomic E-state index is 0.555. The Bertz CT molecular complexity index is 578. The smallest absolute Gasteiger partial charge is 0.0659 e. The maximum atomic E-state index is 4.47. The van der Waals surface area contributed by atoms with E-state index in [1.54, 1.807) is 0 Å². The van der Waals surface area contributed by atoms with E-state index >= 15 is 0 Å². The van der Waals surface area contributed by atoms with Crippen LogP contribution in [-0.4, -0.2) is 16.4 Å². The average Bonchev–Trinajstić information content (AvgIpc) is 2.77. The predicted molar refractivity (Wildman–Crippen MR) is 66.3 cm³/mol. The summed E-state index contributed by atoms with van der Waals surface area (Å²) in [4.78, 5) is 4.47. The van der Waals surface area contributed by atoms with Crippen molar-refractivity contribution in [2.24, 2.45) is 10.9 Å². The Morgan fingerprint density at radius 2 is 2.31 bits per heavy atom. The van der Waals surface area contributed by atoms with Gasteiger partial charge in [-0.1, -0.05) is 25.1 Å². The fourth-order valence-electron chi connectivity index (χ4n) is 1.91. The normalized spacial score (nSPS) is 20.1. The van der Waals surface area contributed by atoms with Crippen molar-refractivity contribution in [3.05, 3.63) is 36.0 Å². The molecule has 0 amide bonds. The van der Waals surface area contributed by atoms with Crippen molar-refractivity contribution in [2.45, 2.75) is 13.3 Å². The van der Waals surface area contributed by atoms with E-state index in [1.165, 1.54) is 0 Å². The number of aliphatic imine (C=N–C) groups is 1. The Labute approximate surface area is 93.9 Å². The molecule has 0 radical (unpaired) electrons. The fourth-order valence-corrected chi connectivity index (χ4v) is 1.91. The first kappa shape index (κ1) is 9.33. The predicted octanol–water partition coefficient (Wildman–Crippen LogP) is 3.01. The topological polar surface area (TPSA) is 41.0 Å². The zero-order chi connectivity index (χ0) is 11.0. The highest BCUT2D eigenvalue weighted by atomic mass is 15.1. The zero-order valence-corrected chi connectivity index (χ0v) is 9.14. The highest BCUT2D eigenvalue weighted by Gasteiger charge is 2.07. The molecule has 0 spiro atoms. The minimum absolute atomic E-state index is 0.555. The first-order valence-electron chi connectivity index (χ1n) is 5.51. The van der Waals surface area contributed by atoms with Crippen LogP contribution < -0.4 is 0 Å². The number of nitrogens with zero attached hydrogens (tertiary/aromatic N) is 2. The standard InChI is InChI=1S/C13H13N3/c1-9-2-5-12(14-7-9)10-3-4-11-8-15-16-13(11)6-10/h3-9H,2H2,1H3,(H,15,16). The van der Waals surface area contributed by atoms with Crippen molar-refractivity contribution in [3.63, 3.8) is 0 Å². The lowest BCUT2D eigenvalue weighted by Gasteiger charge is -2.10. The van der Waals surface area contributed by atoms with Crippen molar-refractivity contribution in [3.8, 4) is 0 Å². The third kappa shape index (κ3) is 1.54. The Hall–Kier alpha value is -1.90. The number of aromatic amines is 1. The van der Waals surface area contributed by atoms with Crippen LogP contribution in [-0.2, 0) is 0 Å². The maximum absolute atomic E-state index is 4.47. The van der Waals surface area contributed by atoms with Crippen molar-refractivity contribution in [1.29, 1.82) is 0 Å². The molecule has 1 N–H and O–H groups in total. The molecule has 1 aromatic carbocycles. The molecule has 1 aliphatic heterocycles. The van der Waals surface area contributed by atoms with Crippen molar-refractivity contribution >= 4 is 22.8 Å². The molecule has 1 aliphatic rings. The Morgan fingerprint density at radius 3 is 3.12 bits per heavy atom. The second-order valence-corrected chi connectivity index (χ2v) is 4.25. The van der Waals surface area contributed by atoms with Crippen LogP contribution in [0.1, 0.15) is 18.9 Å². The molecule has 0 fully saturated rings. The van der Waals surface area contributed by atoms with E-state index in [0.29, 0.717) is 5.92 Å². The number of hydrogen-bond donors (Lipinski definition) is 1. The van der Waals surface area contributed by atoms with Crippen LogP contribution in [0, 0.1) is 5.92 Å². The summed E-state index contributed by atoms with van der Waals surface area (Å²) in [6.07, 6.45) is 7.12. The van der Waals surface area contributed by atoms with E-state index in [-0.39, 0.29) is 0 Å². The Balaban J connectivity index is 2.03. The van der Waals surface area contributed by atoms with E-state index in [1.807, 2.05) is 12.4 Å². The lowest BCUT2D eigenvalue weighted by atomic mass is 10.0. The van der Waals surface area contributed by atoms with Crippen molar-refractivity contribution in [2.75, 3.05) is 0 Å². The van der Waals surface area contributed by atoms with Gasteiger partial charge in [0.2, 0.25) is 0 Å². The van der Waals surface area contributed by atoms with Gasteiger partial charge in [-0.2, -0.15) is 5.10 Å². The number of hydrogen-bond acceptors (Lipinski definition) is 2. The Morgan fingerprint density at radius 1 is 1.38 bits per heavy atom. The second kappa shape index (κ2) is 3.59. The molecule has 2 aromatic rings. The van der Waals surface area contributed by atoms with Crippen LogP contribution in [0.4, 0.5) is 0 Å². The molecule has 3 heteroatoms. The number of benzene rings is 1. The molecule has 2 heterocycles. The number of allylic oxidation sites excluding steroid dienone is 1. The van der Waals surface area contributed by atoms with E-state index in [0.717, 1.165) is 28.6 Å². The van der Waals surface area contributed by atoms with E-state index in [9.17, 15) is 0 Å². The minimum Gasteiger partial charge on any atom is -0.278 e. The largest absolute Gasteiger partial charge is 0.278 e. The summed E-state index contributed by atoms with van der Waals surface area (Å²) < 4.78 is 0. The first-order valence-corrected chi connectivity index (χ1v) is 5.51. The summed E-state index contributed by atoms with van der Waals surface area (Å²) in [5.41, 5.74) is 3.28. The van der Waals surface area contributed by atoms with Gasteiger partial charge in [-0.05, 0) is 18.4 Å². The van der Waals surface area contributed by atoms with Crippen LogP contribution in [0.15, 0.2) is 35.5 Å². The summed E-state index contributed by atoms with van der Waals surface area (Å²) in [5.74, 6) is 0.555. The van der Waals surface area contributed by atoms with Gasteiger partial charge in [0, 0.05) is 17.2 Å². The molecular weight excluding hydrogens is 198 g/mol. The van der Waals surface area contributed by atoms with Crippen LogP contribution in [0.5, 0.6) is 0 Å². The van der Waals surface area contributed by atoms with E-state index in [4.69, 9.17) is 0 Å². The van der Waals surface area contributed by atoms with Gasteiger partial charge in [0.15, 0.2) is 0 Å². The molecular formula is C13H13N3. The average molecular weight is 211 g/mol. The van der Waals surface area contributed by atoms with Crippen LogP contribution in [0.25, 0.3) is 16.6 Å². The fraction of sp³-hybridized carbons (Fsp3) is 0.231. The monoisotopic (exact) mass is 211 g/mol. The maximum Gasteiger partial charge on any atom is 0.0659 e. The number of nitrogens with one attached hydrogen (secondary N) is 1. The van der Waals surface area contributed by atoms with Gasteiger partial charge >= 0.3 is 0 Å². The molecule has 1 unspecified atom stereocenters. The van der Waals surface area contributed by atoms with Gasteiger partial charge in [0.05, 0.1) is 17.4 Å². The molecule has 16 heavy (non-hydrogen) atoms. The SMILES string of the molecule is CC1C=NC(c2ccc3cn[nH]c3c2)=CC1. The second-order valence-electron chi connectivity index (χ2n) is 4.25. The van der Waals surface area contributed by atoms with E-state index in [2.05, 4.69) is 46.4 Å². The number of aromatic nitrogens is 2. The summed E-state index contributed by atoms with van der Waals surface area (Å²) in [5, 5.41) is 8.13. The van der Waals surface area contributed by atoms with Crippen molar-refractivity contribution in [1.82, 2.24) is 10.2 Å². The molecule has 0 aliphatic carbocycles. The van der Waals surface area contributed by atoms with Gasteiger partial charge < -0.3 is 0 Å². The summed E-state index contributed by atoms with van der Waals surface area (Å²) in [6.45, 7) is 2.18. The zero-order valence-electron chi connectivity index (χ0n) is 9.14. The number of rotatable bonds is 1. The quantitative estimate of drug-likeness (QED) is 0.774. The lowest BCUT2D eigenvalue weighted by molar-refractivity contribution is 0.799. The Kier molecular flexibility index (Phi) is 2.10. The lowest BCUT2D eigenvalue weighted by Crippen LogP contribution is -1.99. The van der Waals surface area contributed by atoms with Gasteiger partial charge in [-0.25, -0.2) is 0 Å². The molecule has 80 valence electrons. The summed E-state index contributed by atoms with van der Waals surface area (Å²) >= 11 is 0.